The fourth-order valence-electron chi connectivity index (χ4n) is 2.36. The molecule has 0 amide bonds. The molecular weight excluding hydrogens is 224 g/mol. The van der Waals surface area contributed by atoms with E-state index in [1.54, 1.807) is 7.11 Å². The first-order valence-electron chi connectivity index (χ1n) is 7.05. The van der Waals surface area contributed by atoms with E-state index in [1.807, 2.05) is 0 Å². The Kier molecular flexibility index (Phi) is 6.33. The summed E-state index contributed by atoms with van der Waals surface area (Å²) in [5, 5.41) is 3.54. The van der Waals surface area contributed by atoms with Crippen LogP contribution in [0.2, 0.25) is 0 Å². The van der Waals surface area contributed by atoms with E-state index >= 15 is 0 Å². The molecule has 0 radical (unpaired) electrons. The lowest BCUT2D eigenvalue weighted by molar-refractivity contribution is 0.171. The summed E-state index contributed by atoms with van der Waals surface area (Å²) in [4.78, 5) is 2.54. The van der Waals surface area contributed by atoms with Crippen LogP contribution in [0, 0.1) is 5.41 Å². The number of nitrogens with one attached hydrogen (secondary N) is 1. The van der Waals surface area contributed by atoms with Gasteiger partial charge < -0.3 is 10.1 Å². The lowest BCUT2D eigenvalue weighted by atomic mass is 9.91. The highest BCUT2D eigenvalue weighted by Crippen LogP contribution is 2.19. The van der Waals surface area contributed by atoms with Gasteiger partial charge in [0.05, 0.1) is 6.61 Å². The first-order valence-corrected chi connectivity index (χ1v) is 7.05. The second-order valence-electron chi connectivity index (χ2n) is 6.48. The predicted octanol–water partition coefficient (Wildman–Crippen LogP) is 2.29. The molecule has 0 unspecified atom stereocenters. The van der Waals surface area contributed by atoms with Gasteiger partial charge in [0.15, 0.2) is 0 Å². The van der Waals surface area contributed by atoms with Gasteiger partial charge in [-0.05, 0) is 17.4 Å². The van der Waals surface area contributed by atoms with Crippen molar-refractivity contribution < 1.29 is 4.74 Å². The van der Waals surface area contributed by atoms with Crippen LogP contribution in [0.5, 0.6) is 0 Å². The van der Waals surface area contributed by atoms with Crippen LogP contribution in [0.3, 0.4) is 0 Å². The fraction of sp³-hybridized carbons (Fsp3) is 0.867. The van der Waals surface area contributed by atoms with Crippen LogP contribution in [-0.4, -0.2) is 50.8 Å². The Labute approximate surface area is 113 Å². The van der Waals surface area contributed by atoms with Gasteiger partial charge in [-0.15, -0.1) is 0 Å². The number of hydrogen-bond acceptors (Lipinski definition) is 3. The van der Waals surface area contributed by atoms with E-state index in [-0.39, 0.29) is 0 Å². The summed E-state index contributed by atoms with van der Waals surface area (Å²) in [6.45, 7) is 14.4. The first-order chi connectivity index (χ1) is 8.43. The Balaban J connectivity index is 2.35. The van der Waals surface area contributed by atoms with Crippen LogP contribution < -0.4 is 5.32 Å². The molecule has 0 fully saturated rings. The molecule has 3 nitrogen and oxygen atoms in total. The van der Waals surface area contributed by atoms with Crippen LogP contribution in [-0.2, 0) is 4.74 Å². The summed E-state index contributed by atoms with van der Waals surface area (Å²) in [5.74, 6) is 0. The first kappa shape index (κ1) is 15.7. The molecule has 0 bridgehead atoms. The van der Waals surface area contributed by atoms with Gasteiger partial charge in [0.25, 0.3) is 0 Å². The van der Waals surface area contributed by atoms with Crippen molar-refractivity contribution in [1.29, 1.82) is 0 Å². The summed E-state index contributed by atoms with van der Waals surface area (Å²) in [6, 6.07) is 0.568. The van der Waals surface area contributed by atoms with Gasteiger partial charge in [-0.1, -0.05) is 33.8 Å². The van der Waals surface area contributed by atoms with E-state index in [1.165, 1.54) is 12.1 Å². The molecule has 0 saturated carbocycles. The maximum atomic E-state index is 5.19. The molecule has 0 aromatic carbocycles. The predicted molar refractivity (Wildman–Crippen MR) is 77.9 cm³/mol. The largest absolute Gasteiger partial charge is 0.380 e. The molecule has 1 rings (SSSR count). The van der Waals surface area contributed by atoms with Crippen molar-refractivity contribution in [1.82, 2.24) is 10.2 Å². The third kappa shape index (κ3) is 5.98. The second kappa shape index (κ2) is 7.27. The van der Waals surface area contributed by atoms with Crippen LogP contribution in [0.15, 0.2) is 11.6 Å². The van der Waals surface area contributed by atoms with Crippen molar-refractivity contribution in [2.75, 3.05) is 39.9 Å². The second-order valence-corrected chi connectivity index (χ2v) is 6.48. The molecule has 3 heteroatoms. The molecule has 18 heavy (non-hydrogen) atoms. The van der Waals surface area contributed by atoms with Gasteiger partial charge in [-0.3, -0.25) is 4.90 Å². The van der Waals surface area contributed by atoms with Crippen LogP contribution in [0.1, 0.15) is 34.1 Å². The molecule has 1 heterocycles. The number of methoxy groups -OCH3 is 1. The zero-order chi connectivity index (χ0) is 13.6. The quantitative estimate of drug-likeness (QED) is 0.706. The minimum Gasteiger partial charge on any atom is -0.380 e. The van der Waals surface area contributed by atoms with Crippen molar-refractivity contribution in [3.8, 4) is 0 Å². The van der Waals surface area contributed by atoms with Crippen LogP contribution >= 0.6 is 0 Å². The van der Waals surface area contributed by atoms with Gasteiger partial charge in [0.2, 0.25) is 0 Å². The summed E-state index contributed by atoms with van der Waals surface area (Å²) in [5.41, 5.74) is 1.78. The highest BCUT2D eigenvalue weighted by molar-refractivity contribution is 5.08. The fourth-order valence-corrected chi connectivity index (χ4v) is 2.36. The van der Waals surface area contributed by atoms with Crippen molar-refractivity contribution in [2.45, 2.75) is 40.2 Å². The molecule has 1 aliphatic heterocycles. The standard InChI is InChI=1S/C15H30N2O/c1-13(2)16-11-15(3,4)12-17-8-6-14(7-9-17)10-18-5/h6,13,16H,7-12H2,1-5H3. The Morgan fingerprint density at radius 1 is 1.44 bits per heavy atom. The molecule has 0 spiro atoms. The van der Waals surface area contributed by atoms with Crippen LogP contribution in [0.25, 0.3) is 0 Å². The summed E-state index contributed by atoms with van der Waals surface area (Å²) in [6.07, 6.45) is 3.49. The minimum atomic E-state index is 0.330. The van der Waals surface area contributed by atoms with Gasteiger partial charge in [-0.2, -0.15) is 0 Å². The van der Waals surface area contributed by atoms with E-state index in [2.05, 4.69) is 44.0 Å². The van der Waals surface area contributed by atoms with Gasteiger partial charge in [-0.25, -0.2) is 0 Å². The van der Waals surface area contributed by atoms with E-state index in [0.717, 1.165) is 32.7 Å². The zero-order valence-corrected chi connectivity index (χ0v) is 12.8. The third-order valence-corrected chi connectivity index (χ3v) is 3.36. The molecule has 0 atom stereocenters. The molecule has 0 saturated heterocycles. The number of rotatable bonds is 7. The third-order valence-electron chi connectivity index (χ3n) is 3.36. The molecule has 0 aliphatic carbocycles. The summed E-state index contributed by atoms with van der Waals surface area (Å²) in [7, 11) is 1.77. The maximum absolute atomic E-state index is 5.19. The topological polar surface area (TPSA) is 24.5 Å². The number of ether oxygens (including phenoxy) is 1. The smallest absolute Gasteiger partial charge is 0.0673 e. The van der Waals surface area contributed by atoms with E-state index in [4.69, 9.17) is 4.74 Å². The van der Waals surface area contributed by atoms with Crippen molar-refractivity contribution >= 4 is 0 Å². The normalized spacial score (nSPS) is 18.2. The maximum Gasteiger partial charge on any atom is 0.0673 e. The highest BCUT2D eigenvalue weighted by atomic mass is 16.5. The van der Waals surface area contributed by atoms with Gasteiger partial charge in [0.1, 0.15) is 0 Å². The summed E-state index contributed by atoms with van der Waals surface area (Å²) < 4.78 is 5.19. The van der Waals surface area contributed by atoms with Crippen molar-refractivity contribution in [3.05, 3.63) is 11.6 Å². The van der Waals surface area contributed by atoms with Gasteiger partial charge >= 0.3 is 0 Å². The number of hydrogen-bond donors (Lipinski definition) is 1. The van der Waals surface area contributed by atoms with E-state index in [0.29, 0.717) is 11.5 Å². The Bertz CT molecular complexity index is 272. The molecule has 0 aromatic rings. The molecule has 106 valence electrons. The Hall–Kier alpha value is -0.380. The van der Waals surface area contributed by atoms with E-state index < -0.39 is 0 Å². The highest BCUT2D eigenvalue weighted by Gasteiger charge is 2.23. The number of nitrogens with zero attached hydrogens (tertiary/aromatic N) is 1. The van der Waals surface area contributed by atoms with Crippen LogP contribution in [0.4, 0.5) is 0 Å². The lowest BCUT2D eigenvalue weighted by Gasteiger charge is -2.35. The molecule has 1 N–H and O–H groups in total. The monoisotopic (exact) mass is 254 g/mol. The summed E-state index contributed by atoms with van der Waals surface area (Å²) >= 11 is 0. The van der Waals surface area contributed by atoms with Crippen molar-refractivity contribution in [2.24, 2.45) is 5.41 Å². The molecular formula is C15H30N2O. The Morgan fingerprint density at radius 2 is 2.17 bits per heavy atom. The minimum absolute atomic E-state index is 0.330. The molecule has 1 aliphatic rings. The average Bonchev–Trinajstić information content (AvgIpc) is 2.29. The molecule has 0 aromatic heterocycles. The average molecular weight is 254 g/mol. The lowest BCUT2D eigenvalue weighted by Crippen LogP contribution is -2.43. The Morgan fingerprint density at radius 3 is 2.67 bits per heavy atom. The van der Waals surface area contributed by atoms with Gasteiger partial charge in [0, 0.05) is 39.3 Å². The SMILES string of the molecule is COCC1=CCN(CC(C)(C)CNC(C)C)CC1. The van der Waals surface area contributed by atoms with Crippen molar-refractivity contribution in [3.63, 3.8) is 0 Å². The zero-order valence-electron chi connectivity index (χ0n) is 12.8. The van der Waals surface area contributed by atoms with E-state index in [9.17, 15) is 0 Å².